The highest BCUT2D eigenvalue weighted by molar-refractivity contribution is 6.06. The first-order valence-corrected chi connectivity index (χ1v) is 9.79. The zero-order valence-corrected chi connectivity index (χ0v) is 16.5. The first-order chi connectivity index (χ1) is 14.7. The molecule has 30 heavy (non-hydrogen) atoms. The van der Waals surface area contributed by atoms with E-state index in [2.05, 4.69) is 16.1 Å². The van der Waals surface area contributed by atoms with Crippen LogP contribution in [-0.4, -0.2) is 34.3 Å². The summed E-state index contributed by atoms with van der Waals surface area (Å²) in [6, 6.07) is 21.3. The van der Waals surface area contributed by atoms with Gasteiger partial charge in [0.15, 0.2) is 5.69 Å². The number of methoxy groups -OCH3 is 1. The maximum atomic E-state index is 13.4. The number of rotatable bonds is 4. The molecular formula is C24H20N4O2. The Balaban J connectivity index is 1.58. The Morgan fingerprint density at radius 1 is 1.03 bits per heavy atom. The molecule has 0 fully saturated rings. The summed E-state index contributed by atoms with van der Waals surface area (Å²) in [4.78, 5) is 19.4. The SMILES string of the molecule is COc1ccc(-n2nc(C(=O)N3CCc4ccccc43)cc2-c2cccnc2)cc1. The van der Waals surface area contributed by atoms with E-state index in [4.69, 9.17) is 4.74 Å². The van der Waals surface area contributed by atoms with E-state index >= 15 is 0 Å². The molecular weight excluding hydrogens is 376 g/mol. The topological polar surface area (TPSA) is 60.3 Å². The van der Waals surface area contributed by atoms with Crippen molar-refractivity contribution in [2.24, 2.45) is 0 Å². The molecule has 0 atom stereocenters. The van der Waals surface area contributed by atoms with Gasteiger partial charge in [0, 0.05) is 30.2 Å². The minimum atomic E-state index is -0.0997. The van der Waals surface area contributed by atoms with E-state index in [9.17, 15) is 4.79 Å². The second kappa shape index (κ2) is 7.48. The lowest BCUT2D eigenvalue weighted by molar-refractivity contribution is 0.0984. The number of carbonyl (C=O) groups is 1. The molecule has 2 aromatic heterocycles. The van der Waals surface area contributed by atoms with E-state index in [0.29, 0.717) is 12.2 Å². The summed E-state index contributed by atoms with van der Waals surface area (Å²) < 4.78 is 7.05. The Labute approximate surface area is 174 Å². The molecule has 0 bridgehead atoms. The molecule has 0 N–H and O–H groups in total. The highest BCUT2D eigenvalue weighted by atomic mass is 16.5. The van der Waals surface area contributed by atoms with Crippen molar-refractivity contribution in [2.45, 2.75) is 6.42 Å². The molecule has 0 saturated carbocycles. The summed E-state index contributed by atoms with van der Waals surface area (Å²) in [5.74, 6) is 0.663. The van der Waals surface area contributed by atoms with Crippen LogP contribution in [0.4, 0.5) is 5.69 Å². The third-order valence-corrected chi connectivity index (χ3v) is 5.34. The van der Waals surface area contributed by atoms with E-state index in [-0.39, 0.29) is 5.91 Å². The number of amides is 1. The molecule has 0 unspecified atom stereocenters. The van der Waals surface area contributed by atoms with Crippen molar-refractivity contribution in [1.82, 2.24) is 14.8 Å². The number of pyridine rings is 1. The summed E-state index contributed by atoms with van der Waals surface area (Å²) in [6.07, 6.45) is 4.36. The first-order valence-electron chi connectivity index (χ1n) is 9.79. The fourth-order valence-electron chi connectivity index (χ4n) is 3.81. The van der Waals surface area contributed by atoms with Crippen molar-refractivity contribution >= 4 is 11.6 Å². The van der Waals surface area contributed by atoms with Crippen molar-refractivity contribution < 1.29 is 9.53 Å². The van der Waals surface area contributed by atoms with E-state index in [1.54, 1.807) is 24.2 Å². The maximum Gasteiger partial charge on any atom is 0.278 e. The first kappa shape index (κ1) is 18.1. The summed E-state index contributed by atoms with van der Waals surface area (Å²) >= 11 is 0. The highest BCUT2D eigenvalue weighted by Gasteiger charge is 2.28. The second-order valence-electron chi connectivity index (χ2n) is 7.10. The lowest BCUT2D eigenvalue weighted by atomic mass is 10.1. The molecule has 6 nitrogen and oxygen atoms in total. The van der Waals surface area contributed by atoms with E-state index < -0.39 is 0 Å². The summed E-state index contributed by atoms with van der Waals surface area (Å²) in [5, 5.41) is 4.69. The Morgan fingerprint density at radius 3 is 2.63 bits per heavy atom. The third-order valence-electron chi connectivity index (χ3n) is 5.34. The van der Waals surface area contributed by atoms with Gasteiger partial charge in [0.2, 0.25) is 0 Å². The van der Waals surface area contributed by atoms with Crippen LogP contribution in [-0.2, 0) is 6.42 Å². The number of ether oxygens (including phenoxy) is 1. The molecule has 1 amide bonds. The number of carbonyl (C=O) groups excluding carboxylic acids is 1. The number of nitrogens with zero attached hydrogens (tertiary/aromatic N) is 4. The zero-order valence-electron chi connectivity index (χ0n) is 16.5. The molecule has 4 aromatic rings. The summed E-state index contributed by atoms with van der Waals surface area (Å²) in [5.41, 5.74) is 5.10. The minimum Gasteiger partial charge on any atom is -0.497 e. The molecule has 0 saturated heterocycles. The molecule has 3 heterocycles. The molecule has 0 aliphatic carbocycles. The predicted molar refractivity (Wildman–Crippen MR) is 115 cm³/mol. The average Bonchev–Trinajstić information content (AvgIpc) is 3.44. The van der Waals surface area contributed by atoms with Crippen molar-refractivity contribution in [3.05, 3.63) is 90.4 Å². The van der Waals surface area contributed by atoms with Gasteiger partial charge in [-0.05, 0) is 60.5 Å². The number of hydrogen-bond donors (Lipinski definition) is 0. The van der Waals surface area contributed by atoms with Crippen LogP contribution in [0.15, 0.2) is 79.1 Å². The van der Waals surface area contributed by atoms with Crippen LogP contribution in [0.1, 0.15) is 16.1 Å². The van der Waals surface area contributed by atoms with Gasteiger partial charge in [-0.1, -0.05) is 18.2 Å². The number of hydrogen-bond acceptors (Lipinski definition) is 4. The molecule has 5 rings (SSSR count). The van der Waals surface area contributed by atoms with Crippen LogP contribution in [0, 0.1) is 0 Å². The quantitative estimate of drug-likeness (QED) is 0.520. The van der Waals surface area contributed by atoms with E-state index in [1.807, 2.05) is 65.6 Å². The van der Waals surface area contributed by atoms with E-state index in [0.717, 1.165) is 34.8 Å². The lowest BCUT2D eigenvalue weighted by Gasteiger charge is -2.15. The Morgan fingerprint density at radius 2 is 1.87 bits per heavy atom. The van der Waals surface area contributed by atoms with Crippen LogP contribution in [0.5, 0.6) is 5.75 Å². The zero-order chi connectivity index (χ0) is 20.5. The van der Waals surface area contributed by atoms with Crippen molar-refractivity contribution in [2.75, 3.05) is 18.6 Å². The third kappa shape index (κ3) is 3.12. The fourth-order valence-corrected chi connectivity index (χ4v) is 3.81. The molecule has 148 valence electrons. The second-order valence-corrected chi connectivity index (χ2v) is 7.10. The molecule has 1 aliphatic heterocycles. The van der Waals surface area contributed by atoms with E-state index in [1.165, 1.54) is 5.56 Å². The Kier molecular flexibility index (Phi) is 4.52. The Hall–Kier alpha value is -3.93. The molecule has 6 heteroatoms. The molecule has 0 radical (unpaired) electrons. The van der Waals surface area contributed by atoms with Gasteiger partial charge >= 0.3 is 0 Å². The highest BCUT2D eigenvalue weighted by Crippen LogP contribution is 2.30. The number of para-hydroxylation sites is 1. The molecule has 2 aromatic carbocycles. The predicted octanol–water partition coefficient (Wildman–Crippen LogP) is 4.15. The van der Waals surface area contributed by atoms with Crippen LogP contribution < -0.4 is 9.64 Å². The smallest absolute Gasteiger partial charge is 0.278 e. The fraction of sp³-hybridized carbons (Fsp3) is 0.125. The lowest BCUT2D eigenvalue weighted by Crippen LogP contribution is -2.29. The van der Waals surface area contributed by atoms with Crippen LogP contribution >= 0.6 is 0 Å². The maximum absolute atomic E-state index is 13.4. The van der Waals surface area contributed by atoms with Crippen LogP contribution in [0.3, 0.4) is 0 Å². The van der Waals surface area contributed by atoms with Gasteiger partial charge in [0.05, 0.1) is 18.5 Å². The van der Waals surface area contributed by atoms with Gasteiger partial charge in [-0.15, -0.1) is 0 Å². The number of anilines is 1. The monoisotopic (exact) mass is 396 g/mol. The average molecular weight is 396 g/mol. The van der Waals surface area contributed by atoms with Crippen molar-refractivity contribution in [3.63, 3.8) is 0 Å². The number of fused-ring (bicyclic) bond motifs is 1. The van der Waals surface area contributed by atoms with Gasteiger partial charge < -0.3 is 9.64 Å². The van der Waals surface area contributed by atoms with Gasteiger partial charge in [-0.3, -0.25) is 9.78 Å². The number of benzene rings is 2. The molecule has 1 aliphatic rings. The standard InChI is InChI=1S/C24H20N4O2/c1-30-20-10-8-19(9-11-20)28-23(18-6-4-13-25-16-18)15-21(26-28)24(29)27-14-12-17-5-2-3-7-22(17)27/h2-11,13,15-16H,12,14H2,1H3. The van der Waals surface area contributed by atoms with Crippen molar-refractivity contribution in [1.29, 1.82) is 0 Å². The van der Waals surface area contributed by atoms with Crippen molar-refractivity contribution in [3.8, 4) is 22.7 Å². The minimum absolute atomic E-state index is 0.0997. The van der Waals surface area contributed by atoms with Gasteiger partial charge in [-0.2, -0.15) is 5.10 Å². The number of aromatic nitrogens is 3. The summed E-state index contributed by atoms with van der Waals surface area (Å²) in [7, 11) is 1.63. The van der Waals surface area contributed by atoms with Crippen LogP contribution in [0.2, 0.25) is 0 Å². The van der Waals surface area contributed by atoms with Gasteiger partial charge in [-0.25, -0.2) is 4.68 Å². The van der Waals surface area contributed by atoms with Gasteiger partial charge in [0.25, 0.3) is 5.91 Å². The summed E-state index contributed by atoms with van der Waals surface area (Å²) in [6.45, 7) is 0.663. The largest absolute Gasteiger partial charge is 0.497 e. The van der Waals surface area contributed by atoms with Gasteiger partial charge in [0.1, 0.15) is 5.75 Å². The normalized spacial score (nSPS) is 12.6. The Bertz CT molecular complexity index is 1200. The van der Waals surface area contributed by atoms with Crippen LogP contribution in [0.25, 0.3) is 16.9 Å². The molecule has 0 spiro atoms.